The molecule has 1 aliphatic rings. The van der Waals surface area contributed by atoms with E-state index in [9.17, 15) is 4.79 Å². The monoisotopic (exact) mass is 321 g/mol. The number of unbranched alkanes of at least 4 members (excludes halogenated alkanes) is 1. The van der Waals surface area contributed by atoms with E-state index in [4.69, 9.17) is 4.74 Å². The fourth-order valence-corrected chi connectivity index (χ4v) is 3.13. The van der Waals surface area contributed by atoms with Gasteiger partial charge in [0.1, 0.15) is 11.3 Å². The van der Waals surface area contributed by atoms with Gasteiger partial charge in [-0.3, -0.25) is 4.90 Å². The zero-order valence-corrected chi connectivity index (χ0v) is 14.2. The molecule has 1 atom stereocenters. The topological polar surface area (TPSA) is 29.5 Å². The zero-order chi connectivity index (χ0) is 17.0. The van der Waals surface area contributed by atoms with E-state index in [0.717, 1.165) is 24.0 Å². The fraction of sp³-hybridized carbons (Fsp3) is 0.286. The smallest absolute Gasteiger partial charge is 0.412 e. The zero-order valence-electron chi connectivity index (χ0n) is 14.2. The molecule has 1 amide bonds. The maximum atomic E-state index is 12.5. The average Bonchev–Trinajstić information content (AvgIpc) is 2.86. The van der Waals surface area contributed by atoms with Gasteiger partial charge in [-0.05, 0) is 30.5 Å². The van der Waals surface area contributed by atoms with Gasteiger partial charge in [0.05, 0.1) is 0 Å². The number of hydrogen-bond acceptors (Lipinski definition) is 2. The molecule has 0 bridgehead atoms. The lowest BCUT2D eigenvalue weighted by atomic mass is 9.87. The predicted octanol–water partition coefficient (Wildman–Crippen LogP) is 5.20. The number of carbonyl (C=O) groups is 1. The van der Waals surface area contributed by atoms with E-state index in [2.05, 4.69) is 26.0 Å². The second-order valence-electron chi connectivity index (χ2n) is 6.23. The average molecular weight is 321 g/mol. The number of ether oxygens (including phenoxy) is 1. The summed E-state index contributed by atoms with van der Waals surface area (Å²) in [7, 11) is 0. The third-order valence-corrected chi connectivity index (χ3v) is 4.61. The summed E-state index contributed by atoms with van der Waals surface area (Å²) in [6, 6.07) is 20.1. The van der Waals surface area contributed by atoms with Crippen LogP contribution in [0.1, 0.15) is 37.8 Å². The van der Waals surface area contributed by atoms with Crippen molar-refractivity contribution in [1.29, 1.82) is 0 Å². The van der Waals surface area contributed by atoms with Crippen LogP contribution in [-0.2, 0) is 10.3 Å². The Morgan fingerprint density at radius 3 is 2.29 bits per heavy atom. The number of hydrogen-bond donors (Lipinski definition) is 0. The van der Waals surface area contributed by atoms with Crippen molar-refractivity contribution < 1.29 is 9.53 Å². The van der Waals surface area contributed by atoms with Gasteiger partial charge in [0, 0.05) is 6.54 Å². The molecule has 3 rings (SSSR count). The Hall–Kier alpha value is -2.55. The highest BCUT2D eigenvalue weighted by Gasteiger charge is 2.49. The minimum atomic E-state index is -0.580. The summed E-state index contributed by atoms with van der Waals surface area (Å²) in [5, 5.41) is 0. The Morgan fingerprint density at radius 2 is 1.67 bits per heavy atom. The van der Waals surface area contributed by atoms with Crippen molar-refractivity contribution in [3.63, 3.8) is 0 Å². The number of cyclic esters (lactones) is 1. The molecule has 124 valence electrons. The molecule has 0 saturated carbocycles. The van der Waals surface area contributed by atoms with Crippen LogP contribution in [-0.4, -0.2) is 17.5 Å². The molecular weight excluding hydrogens is 298 g/mol. The summed E-state index contributed by atoms with van der Waals surface area (Å²) in [5.74, 6) is 0.681. The quantitative estimate of drug-likeness (QED) is 0.758. The van der Waals surface area contributed by atoms with Crippen LogP contribution in [0.15, 0.2) is 66.4 Å². The van der Waals surface area contributed by atoms with Crippen LogP contribution in [0.25, 0.3) is 6.08 Å². The van der Waals surface area contributed by atoms with E-state index in [1.54, 1.807) is 0 Å². The highest BCUT2D eigenvalue weighted by molar-refractivity contribution is 5.77. The second-order valence-corrected chi connectivity index (χ2v) is 6.23. The molecule has 2 aromatic rings. The van der Waals surface area contributed by atoms with Crippen LogP contribution in [0, 0.1) is 0 Å². The largest absolute Gasteiger partial charge is 0.416 e. The molecule has 1 unspecified atom stereocenters. The van der Waals surface area contributed by atoms with Crippen LogP contribution in [0.4, 0.5) is 4.79 Å². The normalized spacial score (nSPS) is 22.0. The molecule has 24 heavy (non-hydrogen) atoms. The van der Waals surface area contributed by atoms with Gasteiger partial charge in [-0.15, -0.1) is 0 Å². The van der Waals surface area contributed by atoms with E-state index in [1.807, 2.05) is 59.5 Å². The van der Waals surface area contributed by atoms with Gasteiger partial charge in [0.15, 0.2) is 0 Å². The summed E-state index contributed by atoms with van der Waals surface area (Å²) in [6.07, 6.45) is 3.69. The SMILES string of the molecule is CCCCN1C(=O)O/C(=C\c2ccccc2)C1(C)c1ccccc1. The minimum absolute atomic E-state index is 0.267. The standard InChI is InChI=1S/C21H23NO2/c1-3-4-15-22-20(23)24-19(16-17-11-7-5-8-12-17)21(22,2)18-13-9-6-10-14-18/h5-14,16H,3-4,15H2,1-2H3/b19-16-. The van der Waals surface area contributed by atoms with Gasteiger partial charge in [0.25, 0.3) is 0 Å². The van der Waals surface area contributed by atoms with Gasteiger partial charge in [-0.2, -0.15) is 0 Å². The lowest BCUT2D eigenvalue weighted by Crippen LogP contribution is -2.42. The van der Waals surface area contributed by atoms with Gasteiger partial charge in [0.2, 0.25) is 0 Å². The van der Waals surface area contributed by atoms with Gasteiger partial charge in [-0.25, -0.2) is 4.79 Å². The molecule has 0 aliphatic carbocycles. The van der Waals surface area contributed by atoms with Gasteiger partial charge >= 0.3 is 6.09 Å². The Bertz CT molecular complexity index is 724. The van der Waals surface area contributed by atoms with E-state index >= 15 is 0 Å². The van der Waals surface area contributed by atoms with Crippen molar-refractivity contribution in [3.8, 4) is 0 Å². The molecule has 1 heterocycles. The molecule has 1 aliphatic heterocycles. The number of amides is 1. The highest BCUT2D eigenvalue weighted by atomic mass is 16.6. The number of benzene rings is 2. The first kappa shape index (κ1) is 16.3. The van der Waals surface area contributed by atoms with Gasteiger partial charge < -0.3 is 4.74 Å². The fourth-order valence-electron chi connectivity index (χ4n) is 3.13. The van der Waals surface area contributed by atoms with Crippen molar-refractivity contribution in [2.24, 2.45) is 0 Å². The molecule has 3 heteroatoms. The summed E-state index contributed by atoms with van der Waals surface area (Å²) < 4.78 is 5.69. The van der Waals surface area contributed by atoms with Crippen LogP contribution >= 0.6 is 0 Å². The van der Waals surface area contributed by atoms with Crippen LogP contribution in [0.5, 0.6) is 0 Å². The maximum Gasteiger partial charge on any atom is 0.416 e. The summed E-state index contributed by atoms with van der Waals surface area (Å²) >= 11 is 0. The number of nitrogens with zero attached hydrogens (tertiary/aromatic N) is 1. The Balaban J connectivity index is 2.07. The van der Waals surface area contributed by atoms with Crippen molar-refractivity contribution in [2.45, 2.75) is 32.2 Å². The lowest BCUT2D eigenvalue weighted by Gasteiger charge is -2.33. The molecule has 2 aromatic carbocycles. The Morgan fingerprint density at radius 1 is 1.04 bits per heavy atom. The maximum absolute atomic E-state index is 12.5. The van der Waals surface area contributed by atoms with Crippen LogP contribution in [0.2, 0.25) is 0 Å². The molecule has 3 nitrogen and oxygen atoms in total. The Kier molecular flexibility index (Phi) is 4.70. The molecule has 0 spiro atoms. The first-order chi connectivity index (χ1) is 11.7. The number of rotatable bonds is 5. The van der Waals surface area contributed by atoms with Crippen molar-refractivity contribution in [3.05, 3.63) is 77.5 Å². The number of carbonyl (C=O) groups excluding carboxylic acids is 1. The second kappa shape index (κ2) is 6.91. The summed E-state index contributed by atoms with van der Waals surface area (Å²) in [5.41, 5.74) is 1.51. The van der Waals surface area contributed by atoms with E-state index < -0.39 is 5.54 Å². The molecule has 0 N–H and O–H groups in total. The van der Waals surface area contributed by atoms with Gasteiger partial charge in [-0.1, -0.05) is 74.0 Å². The van der Waals surface area contributed by atoms with Crippen molar-refractivity contribution in [1.82, 2.24) is 4.90 Å². The Labute approximate surface area is 143 Å². The van der Waals surface area contributed by atoms with Crippen molar-refractivity contribution in [2.75, 3.05) is 6.54 Å². The van der Waals surface area contributed by atoms with E-state index in [1.165, 1.54) is 0 Å². The van der Waals surface area contributed by atoms with Crippen LogP contribution in [0.3, 0.4) is 0 Å². The summed E-state index contributed by atoms with van der Waals surface area (Å²) in [4.78, 5) is 14.4. The first-order valence-electron chi connectivity index (χ1n) is 8.48. The van der Waals surface area contributed by atoms with E-state index in [-0.39, 0.29) is 6.09 Å². The van der Waals surface area contributed by atoms with Crippen LogP contribution < -0.4 is 0 Å². The molecular formula is C21H23NO2. The highest BCUT2D eigenvalue weighted by Crippen LogP contribution is 2.43. The molecule has 1 fully saturated rings. The minimum Gasteiger partial charge on any atom is -0.412 e. The predicted molar refractivity (Wildman–Crippen MR) is 96.3 cm³/mol. The molecule has 1 saturated heterocycles. The molecule has 0 radical (unpaired) electrons. The third kappa shape index (κ3) is 2.94. The first-order valence-corrected chi connectivity index (χ1v) is 8.48. The van der Waals surface area contributed by atoms with E-state index in [0.29, 0.717) is 12.3 Å². The lowest BCUT2D eigenvalue weighted by molar-refractivity contribution is 0.153. The molecule has 0 aromatic heterocycles. The van der Waals surface area contributed by atoms with Crippen molar-refractivity contribution >= 4 is 12.2 Å². The third-order valence-electron chi connectivity index (χ3n) is 4.61. The summed E-state index contributed by atoms with van der Waals surface area (Å²) in [6.45, 7) is 4.88.